The summed E-state index contributed by atoms with van der Waals surface area (Å²) in [5.41, 5.74) is 2.54. The van der Waals surface area contributed by atoms with E-state index in [4.69, 9.17) is 14.3 Å². The molecule has 0 bridgehead atoms. The molecular weight excluding hydrogens is 581 g/mol. The van der Waals surface area contributed by atoms with Crippen LogP contribution in [0.25, 0.3) is 0 Å². The van der Waals surface area contributed by atoms with Gasteiger partial charge >= 0.3 is 11.9 Å². The second-order valence-electron chi connectivity index (χ2n) is 13.1. The number of hydroxylamine groups is 1. The van der Waals surface area contributed by atoms with E-state index in [1.165, 1.54) is 38.5 Å². The number of morpholine rings is 1. The summed E-state index contributed by atoms with van der Waals surface area (Å²) >= 11 is 0. The number of nitrogens with zero attached hydrogens (tertiary/aromatic N) is 1. The van der Waals surface area contributed by atoms with E-state index in [0.29, 0.717) is 5.56 Å². The lowest BCUT2D eigenvalue weighted by molar-refractivity contribution is -0.197. The Morgan fingerprint density at radius 1 is 0.844 bits per heavy atom. The molecule has 10 nitrogen and oxygen atoms in total. The second kappa shape index (κ2) is 14.7. The molecule has 1 saturated heterocycles. The van der Waals surface area contributed by atoms with Gasteiger partial charge in [-0.25, -0.2) is 4.79 Å². The summed E-state index contributed by atoms with van der Waals surface area (Å²) in [6.07, 6.45) is 0. The first kappa shape index (κ1) is 35.2. The van der Waals surface area contributed by atoms with Crippen molar-refractivity contribution in [2.45, 2.75) is 66.9 Å². The first-order chi connectivity index (χ1) is 21.0. The van der Waals surface area contributed by atoms with Crippen LogP contribution in [0.2, 0.25) is 0 Å². The van der Waals surface area contributed by atoms with Gasteiger partial charge in [0.1, 0.15) is 0 Å². The molecule has 2 amide bonds. The van der Waals surface area contributed by atoms with Crippen molar-refractivity contribution in [3.05, 3.63) is 70.8 Å². The molecule has 1 aliphatic heterocycles. The molecule has 2 aromatic carbocycles. The number of carbonyl (C=O) groups is 4. The number of carbonyl (C=O) groups excluding carboxylic acids is 4. The minimum atomic E-state index is -3.00. The first-order valence-electron chi connectivity index (χ1n) is 14.7. The van der Waals surface area contributed by atoms with Crippen molar-refractivity contribution in [2.75, 3.05) is 26.3 Å². The highest BCUT2D eigenvalue weighted by atomic mass is 19.2. The van der Waals surface area contributed by atoms with E-state index in [9.17, 15) is 19.2 Å². The normalized spacial score (nSPS) is 15.8. The number of esters is 1. The zero-order valence-electron chi connectivity index (χ0n) is 26.9. The van der Waals surface area contributed by atoms with Crippen LogP contribution >= 0.6 is 0 Å². The van der Waals surface area contributed by atoms with Crippen LogP contribution < -0.4 is 10.8 Å². The van der Waals surface area contributed by atoms with Gasteiger partial charge in [-0.15, -0.1) is 0 Å². The van der Waals surface area contributed by atoms with Crippen LogP contribution in [0.15, 0.2) is 48.5 Å². The highest BCUT2D eigenvalue weighted by molar-refractivity contribution is 5.98. The van der Waals surface area contributed by atoms with Gasteiger partial charge in [-0.3, -0.25) is 19.3 Å². The molecule has 1 heterocycles. The van der Waals surface area contributed by atoms with E-state index in [1.54, 1.807) is 32.9 Å². The molecule has 0 unspecified atom stereocenters. The smallest absolute Gasteiger partial charge is 0.337 e. The minimum absolute atomic E-state index is 0.0930. The fourth-order valence-electron chi connectivity index (χ4n) is 3.91. The number of amides is 2. The molecule has 2 atom stereocenters. The summed E-state index contributed by atoms with van der Waals surface area (Å²) in [4.78, 5) is 57.8. The molecule has 3 rings (SSSR count). The molecule has 2 N–H and O–H groups in total. The molecule has 0 saturated carbocycles. The van der Waals surface area contributed by atoms with E-state index >= 15 is 4.39 Å². The lowest BCUT2D eigenvalue weighted by Gasteiger charge is -2.32. The lowest BCUT2D eigenvalue weighted by Crippen LogP contribution is -2.59. The van der Waals surface area contributed by atoms with Gasteiger partial charge < -0.3 is 19.6 Å². The Hall–Kier alpha value is -4.27. The third-order valence-electron chi connectivity index (χ3n) is 6.78. The predicted octanol–water partition coefficient (Wildman–Crippen LogP) is 3.91. The van der Waals surface area contributed by atoms with Crippen LogP contribution in [0.1, 0.15) is 75.5 Å². The Bertz CT molecular complexity index is 1420. The van der Waals surface area contributed by atoms with Crippen LogP contribution in [-0.2, 0) is 35.2 Å². The molecular formula is C34H42FN3O7. The van der Waals surface area contributed by atoms with Crippen molar-refractivity contribution in [1.29, 1.82) is 0 Å². The number of nitrogens with one attached hydrogen (secondary N) is 2. The maximum Gasteiger partial charge on any atom is 0.337 e. The van der Waals surface area contributed by atoms with Gasteiger partial charge in [-0.2, -0.15) is 9.87 Å². The molecule has 1 aliphatic rings. The fourth-order valence-corrected chi connectivity index (χ4v) is 3.91. The standard InChI is InChI=1S/C34H42FN3O7/c1-32(2,3)30(41)44-34(7,35)27(29(40)37-45-31(42)33(4,5)6)36-28(39)26-16-14-24(15-17-26)9-8-23-10-12-25(13-11-23)22-38-18-20-43-21-19-38/h10-17,27H,18-22H2,1-7H3,(H,36,39)(H,37,40)/t27-,34+/m1/s1. The van der Waals surface area contributed by atoms with Gasteiger partial charge in [0.2, 0.25) is 0 Å². The Balaban J connectivity index is 1.70. The number of hydrogen-bond donors (Lipinski definition) is 2. The molecule has 0 radical (unpaired) electrons. The van der Waals surface area contributed by atoms with Crippen molar-refractivity contribution in [2.24, 2.45) is 10.8 Å². The molecule has 0 aromatic heterocycles. The topological polar surface area (TPSA) is 123 Å². The predicted molar refractivity (Wildman–Crippen MR) is 165 cm³/mol. The van der Waals surface area contributed by atoms with Gasteiger partial charge in [0, 0.05) is 43.2 Å². The summed E-state index contributed by atoms with van der Waals surface area (Å²) in [5.74, 6) is -0.658. The van der Waals surface area contributed by atoms with Gasteiger partial charge in [0.15, 0.2) is 6.04 Å². The average molecular weight is 624 g/mol. The minimum Gasteiger partial charge on any atom is -0.426 e. The molecule has 11 heteroatoms. The molecule has 0 spiro atoms. The van der Waals surface area contributed by atoms with E-state index in [-0.39, 0.29) is 5.56 Å². The zero-order valence-corrected chi connectivity index (χ0v) is 26.9. The highest BCUT2D eigenvalue weighted by Crippen LogP contribution is 2.25. The fraction of sp³-hybridized carbons (Fsp3) is 0.471. The third-order valence-corrected chi connectivity index (χ3v) is 6.78. The van der Waals surface area contributed by atoms with Crippen molar-refractivity contribution >= 4 is 23.8 Å². The summed E-state index contributed by atoms with van der Waals surface area (Å²) in [6.45, 7) is 14.2. The number of alkyl halides is 1. The van der Waals surface area contributed by atoms with E-state index in [0.717, 1.165) is 45.3 Å². The summed E-state index contributed by atoms with van der Waals surface area (Å²) in [6, 6.07) is 12.1. The molecule has 0 aliphatic carbocycles. The van der Waals surface area contributed by atoms with Crippen LogP contribution in [0.4, 0.5) is 4.39 Å². The van der Waals surface area contributed by atoms with Crippen LogP contribution in [-0.4, -0.2) is 66.9 Å². The van der Waals surface area contributed by atoms with E-state index in [1.807, 2.05) is 29.7 Å². The number of halogens is 1. The van der Waals surface area contributed by atoms with Crippen molar-refractivity contribution < 1.29 is 37.9 Å². The van der Waals surface area contributed by atoms with Crippen molar-refractivity contribution in [1.82, 2.24) is 15.7 Å². The van der Waals surface area contributed by atoms with Gasteiger partial charge in [0.05, 0.1) is 24.0 Å². The summed E-state index contributed by atoms with van der Waals surface area (Å²) in [5, 5.41) is 2.26. The monoisotopic (exact) mass is 623 g/mol. The van der Waals surface area contributed by atoms with Crippen LogP contribution in [0.5, 0.6) is 0 Å². The summed E-state index contributed by atoms with van der Waals surface area (Å²) < 4.78 is 26.2. The zero-order chi connectivity index (χ0) is 33.4. The Kier molecular flexibility index (Phi) is 11.5. The molecule has 1 fully saturated rings. The van der Waals surface area contributed by atoms with Crippen molar-refractivity contribution in [3.63, 3.8) is 0 Å². The molecule has 242 valence electrons. The number of rotatable bonds is 7. The first-order valence-corrected chi connectivity index (χ1v) is 14.7. The van der Waals surface area contributed by atoms with Crippen LogP contribution in [0, 0.1) is 22.7 Å². The average Bonchev–Trinajstić information content (AvgIpc) is 2.97. The number of benzene rings is 2. The third kappa shape index (κ3) is 10.7. The quantitative estimate of drug-likeness (QED) is 0.271. The highest BCUT2D eigenvalue weighted by Gasteiger charge is 2.46. The Morgan fingerprint density at radius 3 is 1.87 bits per heavy atom. The van der Waals surface area contributed by atoms with Crippen LogP contribution in [0.3, 0.4) is 0 Å². The number of hydrogen-bond acceptors (Lipinski definition) is 8. The Morgan fingerprint density at radius 2 is 1.36 bits per heavy atom. The number of ether oxygens (including phenoxy) is 2. The van der Waals surface area contributed by atoms with Gasteiger partial charge in [0.25, 0.3) is 17.7 Å². The van der Waals surface area contributed by atoms with E-state index < -0.39 is 46.5 Å². The largest absolute Gasteiger partial charge is 0.426 e. The maximum atomic E-state index is 15.8. The van der Waals surface area contributed by atoms with E-state index in [2.05, 4.69) is 22.1 Å². The maximum absolute atomic E-state index is 15.8. The van der Waals surface area contributed by atoms with Crippen molar-refractivity contribution in [3.8, 4) is 11.8 Å². The molecule has 2 aromatic rings. The van der Waals surface area contributed by atoms with Gasteiger partial charge in [-0.1, -0.05) is 24.0 Å². The second-order valence-corrected chi connectivity index (χ2v) is 13.1. The van der Waals surface area contributed by atoms with Gasteiger partial charge in [-0.05, 0) is 83.5 Å². The Labute approximate surface area is 263 Å². The SMILES string of the molecule is CC(C)(C)C(=O)ONC(=O)[C@@H](NC(=O)c1ccc(C#Cc2ccc(CN3CCOCC3)cc2)cc1)[C@@](C)(F)OC(=O)C(C)(C)C. The summed E-state index contributed by atoms with van der Waals surface area (Å²) in [7, 11) is 0. The molecule has 45 heavy (non-hydrogen) atoms. The lowest BCUT2D eigenvalue weighted by atomic mass is 9.97.